The second-order valence-electron chi connectivity index (χ2n) is 5.65. The van der Waals surface area contributed by atoms with Crippen molar-refractivity contribution in [3.8, 4) is 28.7 Å². The van der Waals surface area contributed by atoms with Gasteiger partial charge in [0.2, 0.25) is 5.89 Å². The van der Waals surface area contributed by atoms with Gasteiger partial charge in [-0.05, 0) is 30.3 Å². The highest BCUT2D eigenvalue weighted by Gasteiger charge is 2.15. The third kappa shape index (κ3) is 4.93. The number of aliphatic hydroxyl groups is 1. The lowest BCUT2D eigenvalue weighted by Gasteiger charge is -2.11. The second kappa shape index (κ2) is 9.43. The van der Waals surface area contributed by atoms with Gasteiger partial charge in [-0.25, -0.2) is 4.39 Å². The first-order valence-corrected chi connectivity index (χ1v) is 9.33. The van der Waals surface area contributed by atoms with Gasteiger partial charge >= 0.3 is 0 Å². The first-order chi connectivity index (χ1) is 13.6. The van der Waals surface area contributed by atoms with E-state index in [2.05, 4.69) is 10.2 Å². The van der Waals surface area contributed by atoms with Crippen LogP contribution in [0.2, 0.25) is 0 Å². The quantitative estimate of drug-likeness (QED) is 0.541. The van der Waals surface area contributed by atoms with Gasteiger partial charge in [0.25, 0.3) is 5.22 Å². The van der Waals surface area contributed by atoms with Crippen LogP contribution in [0.15, 0.2) is 52.1 Å². The minimum absolute atomic E-state index is 0.0510. The minimum Gasteiger partial charge on any atom is -0.493 e. The predicted octanol–water partition coefficient (Wildman–Crippen LogP) is 3.42. The summed E-state index contributed by atoms with van der Waals surface area (Å²) in [6, 6.07) is 11.3. The van der Waals surface area contributed by atoms with Crippen molar-refractivity contribution in [3.05, 3.63) is 48.3 Å². The summed E-state index contributed by atoms with van der Waals surface area (Å²) in [4.78, 5) is 0. The van der Waals surface area contributed by atoms with Crippen molar-refractivity contribution < 1.29 is 28.1 Å². The highest BCUT2D eigenvalue weighted by Crippen LogP contribution is 2.32. The Hall–Kier alpha value is -2.78. The fraction of sp³-hybridized carbons (Fsp3) is 0.263. The third-order valence-electron chi connectivity index (χ3n) is 3.70. The van der Waals surface area contributed by atoms with Crippen LogP contribution in [0.1, 0.15) is 0 Å². The maximum Gasteiger partial charge on any atom is 0.276 e. The van der Waals surface area contributed by atoms with Crippen LogP contribution in [0.5, 0.6) is 17.2 Å². The molecule has 0 saturated carbocycles. The van der Waals surface area contributed by atoms with Crippen LogP contribution in [-0.2, 0) is 0 Å². The van der Waals surface area contributed by atoms with E-state index in [1.54, 1.807) is 44.6 Å². The van der Waals surface area contributed by atoms with Gasteiger partial charge in [0.15, 0.2) is 23.1 Å². The summed E-state index contributed by atoms with van der Waals surface area (Å²) in [5, 5.41) is 18.3. The van der Waals surface area contributed by atoms with Gasteiger partial charge < -0.3 is 23.7 Å². The van der Waals surface area contributed by atoms with Gasteiger partial charge in [-0.2, -0.15) is 0 Å². The molecule has 3 aromatic rings. The Morgan fingerprint density at radius 2 is 1.86 bits per heavy atom. The number of thioether (sulfide) groups is 1. The van der Waals surface area contributed by atoms with E-state index in [4.69, 9.17) is 18.6 Å². The van der Waals surface area contributed by atoms with Crippen molar-refractivity contribution >= 4 is 11.8 Å². The zero-order chi connectivity index (χ0) is 19.9. The van der Waals surface area contributed by atoms with Crippen molar-refractivity contribution in [2.75, 3.05) is 26.6 Å². The maximum absolute atomic E-state index is 13.5. The Kier molecular flexibility index (Phi) is 6.72. The molecule has 1 heterocycles. The van der Waals surface area contributed by atoms with E-state index in [-0.39, 0.29) is 18.1 Å². The molecule has 9 heteroatoms. The van der Waals surface area contributed by atoms with E-state index >= 15 is 0 Å². The number of hydrogen-bond donors (Lipinski definition) is 1. The minimum atomic E-state index is -0.832. The molecule has 0 saturated heterocycles. The normalized spacial score (nSPS) is 11.9. The van der Waals surface area contributed by atoms with Crippen LogP contribution in [0, 0.1) is 5.82 Å². The molecule has 7 nitrogen and oxygen atoms in total. The van der Waals surface area contributed by atoms with Gasteiger partial charge in [-0.1, -0.05) is 23.9 Å². The molecule has 0 unspecified atom stereocenters. The summed E-state index contributed by atoms with van der Waals surface area (Å²) in [6.07, 6.45) is -0.832. The summed E-state index contributed by atoms with van der Waals surface area (Å²) in [5.74, 6) is 1.34. The van der Waals surface area contributed by atoms with E-state index in [0.717, 1.165) is 0 Å². The number of rotatable bonds is 9. The zero-order valence-corrected chi connectivity index (χ0v) is 16.1. The molecule has 1 N–H and O–H groups in total. The van der Waals surface area contributed by atoms with Gasteiger partial charge in [0, 0.05) is 11.3 Å². The summed E-state index contributed by atoms with van der Waals surface area (Å²) in [5.41, 5.74) is 0.681. The summed E-state index contributed by atoms with van der Waals surface area (Å²) < 4.78 is 34.8. The van der Waals surface area contributed by atoms with Crippen LogP contribution in [0.4, 0.5) is 4.39 Å². The molecule has 28 heavy (non-hydrogen) atoms. The summed E-state index contributed by atoms with van der Waals surface area (Å²) >= 11 is 1.18. The Balaban J connectivity index is 1.55. The van der Waals surface area contributed by atoms with Gasteiger partial charge in [0.05, 0.1) is 20.3 Å². The smallest absolute Gasteiger partial charge is 0.276 e. The Morgan fingerprint density at radius 3 is 2.61 bits per heavy atom. The molecule has 0 radical (unpaired) electrons. The molecule has 0 aliphatic rings. The molecular formula is C19H19FN2O5S. The van der Waals surface area contributed by atoms with Crippen molar-refractivity contribution in [2.45, 2.75) is 11.3 Å². The number of aliphatic hydroxyl groups excluding tert-OH is 1. The molecular weight excluding hydrogens is 387 g/mol. The van der Waals surface area contributed by atoms with Crippen molar-refractivity contribution in [1.29, 1.82) is 0 Å². The molecule has 3 rings (SSSR count). The number of methoxy groups -OCH3 is 2. The molecule has 0 aliphatic heterocycles. The van der Waals surface area contributed by atoms with E-state index in [1.165, 1.54) is 23.9 Å². The molecule has 0 fully saturated rings. The Labute approximate surface area is 165 Å². The number of halogens is 1. The number of para-hydroxylation sites is 1. The van der Waals surface area contributed by atoms with E-state index in [0.29, 0.717) is 28.2 Å². The van der Waals surface area contributed by atoms with Crippen molar-refractivity contribution in [2.24, 2.45) is 0 Å². The third-order valence-corrected chi connectivity index (χ3v) is 4.67. The van der Waals surface area contributed by atoms with Crippen LogP contribution in [0.25, 0.3) is 11.5 Å². The highest BCUT2D eigenvalue weighted by molar-refractivity contribution is 7.99. The van der Waals surface area contributed by atoms with Gasteiger partial charge in [-0.3, -0.25) is 0 Å². The SMILES string of the molecule is COc1ccc(-c2nnc(SC[C@H](O)COc3ccccc3F)o2)cc1OC. The van der Waals surface area contributed by atoms with Gasteiger partial charge in [-0.15, -0.1) is 10.2 Å². The Morgan fingerprint density at radius 1 is 1.07 bits per heavy atom. The maximum atomic E-state index is 13.5. The molecule has 2 aromatic carbocycles. The largest absolute Gasteiger partial charge is 0.493 e. The van der Waals surface area contributed by atoms with Crippen LogP contribution in [0.3, 0.4) is 0 Å². The number of aromatic nitrogens is 2. The lowest BCUT2D eigenvalue weighted by atomic mass is 10.2. The molecule has 148 valence electrons. The fourth-order valence-electron chi connectivity index (χ4n) is 2.32. The average Bonchev–Trinajstić information content (AvgIpc) is 3.20. The lowest BCUT2D eigenvalue weighted by molar-refractivity contribution is 0.123. The topological polar surface area (TPSA) is 86.8 Å². The van der Waals surface area contributed by atoms with E-state index < -0.39 is 11.9 Å². The summed E-state index contributed by atoms with van der Waals surface area (Å²) in [6.45, 7) is -0.0510. The molecule has 0 aliphatic carbocycles. The van der Waals surface area contributed by atoms with Gasteiger partial charge in [0.1, 0.15) is 6.61 Å². The molecule has 0 amide bonds. The highest BCUT2D eigenvalue weighted by atomic mass is 32.2. The second-order valence-corrected chi connectivity index (χ2v) is 6.62. The molecule has 0 spiro atoms. The van der Waals surface area contributed by atoms with E-state index in [9.17, 15) is 9.50 Å². The van der Waals surface area contributed by atoms with Crippen LogP contribution in [-0.4, -0.2) is 48.0 Å². The fourth-order valence-corrected chi connectivity index (χ4v) is 2.98. The number of ether oxygens (including phenoxy) is 3. The summed E-state index contributed by atoms with van der Waals surface area (Å²) in [7, 11) is 3.10. The monoisotopic (exact) mass is 406 g/mol. The van der Waals surface area contributed by atoms with Crippen molar-refractivity contribution in [1.82, 2.24) is 10.2 Å². The molecule has 0 bridgehead atoms. The average molecular weight is 406 g/mol. The first-order valence-electron chi connectivity index (χ1n) is 8.34. The lowest BCUT2D eigenvalue weighted by Crippen LogP contribution is -2.20. The predicted molar refractivity (Wildman–Crippen MR) is 101 cm³/mol. The van der Waals surface area contributed by atoms with E-state index in [1.807, 2.05) is 0 Å². The standard InChI is InChI=1S/C19H19FN2O5S/c1-24-16-8-7-12(9-17(16)25-2)18-21-22-19(27-18)28-11-13(23)10-26-15-6-4-3-5-14(15)20/h3-9,13,23H,10-11H2,1-2H3/t13-/m1/s1. The molecule has 1 atom stereocenters. The van der Waals surface area contributed by atoms with Crippen LogP contribution < -0.4 is 14.2 Å². The molecule has 1 aromatic heterocycles. The first kappa shape index (κ1) is 20.0. The zero-order valence-electron chi connectivity index (χ0n) is 15.3. The number of benzene rings is 2. The number of hydrogen-bond acceptors (Lipinski definition) is 8. The Bertz CT molecular complexity index is 921. The van der Waals surface area contributed by atoms with Crippen LogP contribution >= 0.6 is 11.8 Å². The number of nitrogens with zero attached hydrogens (tertiary/aromatic N) is 2. The van der Waals surface area contributed by atoms with Crippen molar-refractivity contribution in [3.63, 3.8) is 0 Å².